The number of nitro groups is 1. The molecule has 0 aliphatic carbocycles. The van der Waals surface area contributed by atoms with Gasteiger partial charge in [-0.1, -0.05) is 23.7 Å². The molecule has 0 saturated heterocycles. The lowest BCUT2D eigenvalue weighted by molar-refractivity contribution is -0.509. The molecule has 1 aromatic carbocycles. The molecule has 18 heavy (non-hydrogen) atoms. The monoisotopic (exact) mass is 398 g/mol. The molecule has 0 aliphatic heterocycles. The number of carbonyl (C=O) groups excluding carboxylic acids is 1. The summed E-state index contributed by atoms with van der Waals surface area (Å²) in [5, 5.41) is 14.0. The fraction of sp³-hybridized carbons (Fsp3) is 0.300. The van der Waals surface area contributed by atoms with E-state index >= 15 is 0 Å². The van der Waals surface area contributed by atoms with Gasteiger partial charge in [0.2, 0.25) is 5.91 Å². The lowest BCUT2D eigenvalue weighted by Gasteiger charge is -2.24. The highest BCUT2D eigenvalue weighted by molar-refractivity contribution is 9.25. The predicted molar refractivity (Wildman–Crippen MR) is 75.6 cm³/mol. The predicted octanol–water partition coefficient (Wildman–Crippen LogP) is 3.24. The SMILES string of the molecule is CC(=O)NC(c1ccc(Cl)cc1)C(Br)(Br)[N+](=O)[O-]. The van der Waals surface area contributed by atoms with E-state index in [1.54, 1.807) is 24.3 Å². The zero-order valence-corrected chi connectivity index (χ0v) is 13.1. The molecular weight excluding hydrogens is 391 g/mol. The Morgan fingerprint density at radius 1 is 1.44 bits per heavy atom. The Bertz CT molecular complexity index is 465. The molecule has 5 nitrogen and oxygen atoms in total. The van der Waals surface area contributed by atoms with Crippen molar-refractivity contribution in [2.45, 2.75) is 16.3 Å². The van der Waals surface area contributed by atoms with E-state index in [2.05, 4.69) is 37.2 Å². The van der Waals surface area contributed by atoms with Gasteiger partial charge in [-0.05, 0) is 17.7 Å². The lowest BCUT2D eigenvalue weighted by Crippen LogP contribution is -2.42. The summed E-state index contributed by atoms with van der Waals surface area (Å²) in [7, 11) is 0. The maximum atomic E-state index is 11.2. The first kappa shape index (κ1) is 15.4. The van der Waals surface area contributed by atoms with Crippen LogP contribution in [0.1, 0.15) is 18.5 Å². The Morgan fingerprint density at radius 2 is 1.94 bits per heavy atom. The smallest absolute Gasteiger partial charge is 0.341 e. The summed E-state index contributed by atoms with van der Waals surface area (Å²) in [6, 6.07) is 5.55. The molecule has 0 heterocycles. The second kappa shape index (κ2) is 5.99. The van der Waals surface area contributed by atoms with Crippen LogP contribution < -0.4 is 5.32 Å². The average Bonchev–Trinajstić information content (AvgIpc) is 2.26. The zero-order valence-electron chi connectivity index (χ0n) is 9.19. The highest BCUT2D eigenvalue weighted by Crippen LogP contribution is 2.40. The van der Waals surface area contributed by atoms with Gasteiger partial charge in [0.15, 0.2) is 0 Å². The number of benzene rings is 1. The third kappa shape index (κ3) is 3.66. The van der Waals surface area contributed by atoms with Crippen molar-refractivity contribution >= 4 is 49.4 Å². The molecule has 0 aromatic heterocycles. The minimum atomic E-state index is -1.68. The van der Waals surface area contributed by atoms with Crippen LogP contribution in [-0.4, -0.2) is 14.2 Å². The van der Waals surface area contributed by atoms with Crippen molar-refractivity contribution < 1.29 is 9.72 Å². The summed E-state index contributed by atoms with van der Waals surface area (Å²) in [6.07, 6.45) is 0. The van der Waals surface area contributed by atoms with Gasteiger partial charge in [0.1, 0.15) is 6.04 Å². The van der Waals surface area contributed by atoms with E-state index in [4.69, 9.17) is 11.6 Å². The van der Waals surface area contributed by atoms with Gasteiger partial charge in [-0.25, -0.2) is 0 Å². The second-order valence-corrected chi connectivity index (χ2v) is 7.45. The van der Waals surface area contributed by atoms with Crippen LogP contribution >= 0.6 is 43.5 Å². The third-order valence-electron chi connectivity index (χ3n) is 2.14. The van der Waals surface area contributed by atoms with Gasteiger partial charge >= 0.3 is 3.36 Å². The number of nitrogens with zero attached hydrogens (tertiary/aromatic N) is 1. The van der Waals surface area contributed by atoms with E-state index in [1.165, 1.54) is 6.92 Å². The summed E-state index contributed by atoms with van der Waals surface area (Å²) in [5.41, 5.74) is 0.556. The van der Waals surface area contributed by atoms with Crippen molar-refractivity contribution in [3.8, 4) is 0 Å². The van der Waals surface area contributed by atoms with Crippen LogP contribution in [0.5, 0.6) is 0 Å². The third-order valence-corrected chi connectivity index (χ3v) is 3.89. The number of hydrogen-bond donors (Lipinski definition) is 1. The van der Waals surface area contributed by atoms with Crippen LogP contribution in [0, 0.1) is 10.1 Å². The number of rotatable bonds is 4. The lowest BCUT2D eigenvalue weighted by atomic mass is 10.1. The minimum absolute atomic E-state index is 0.375. The Labute approximate surface area is 125 Å². The second-order valence-electron chi connectivity index (χ2n) is 3.53. The van der Waals surface area contributed by atoms with Crippen molar-refractivity contribution in [1.29, 1.82) is 0 Å². The topological polar surface area (TPSA) is 72.2 Å². The molecule has 1 rings (SSSR count). The molecule has 8 heteroatoms. The summed E-state index contributed by atoms with van der Waals surface area (Å²) in [4.78, 5) is 21.6. The Balaban J connectivity index is 3.17. The number of nitrogens with one attached hydrogen (secondary N) is 1. The molecular formula is C10H9Br2ClN2O3. The van der Waals surface area contributed by atoms with Crippen molar-refractivity contribution in [2.24, 2.45) is 0 Å². The summed E-state index contributed by atoms with van der Waals surface area (Å²) < 4.78 is -1.68. The number of hydrogen-bond acceptors (Lipinski definition) is 3. The molecule has 1 N–H and O–H groups in total. The molecule has 98 valence electrons. The first-order chi connectivity index (χ1) is 8.25. The van der Waals surface area contributed by atoms with Crippen LogP contribution in [0.3, 0.4) is 0 Å². The fourth-order valence-electron chi connectivity index (χ4n) is 1.33. The van der Waals surface area contributed by atoms with E-state index in [0.717, 1.165) is 0 Å². The van der Waals surface area contributed by atoms with Crippen molar-refractivity contribution in [3.63, 3.8) is 0 Å². The number of halogens is 3. The quantitative estimate of drug-likeness (QED) is 0.365. The van der Waals surface area contributed by atoms with E-state index < -0.39 is 14.3 Å². The zero-order chi connectivity index (χ0) is 13.9. The fourth-order valence-corrected chi connectivity index (χ4v) is 2.22. The van der Waals surface area contributed by atoms with Crippen molar-refractivity contribution in [3.05, 3.63) is 45.0 Å². The number of alkyl halides is 2. The number of amides is 1. The van der Waals surface area contributed by atoms with Crippen molar-refractivity contribution in [1.82, 2.24) is 5.32 Å². The van der Waals surface area contributed by atoms with Crippen molar-refractivity contribution in [2.75, 3.05) is 0 Å². The average molecular weight is 400 g/mol. The van der Waals surface area contributed by atoms with E-state index in [-0.39, 0.29) is 5.91 Å². The maximum absolute atomic E-state index is 11.2. The minimum Gasteiger partial charge on any atom is -0.341 e. The highest BCUT2D eigenvalue weighted by atomic mass is 79.9. The molecule has 0 bridgehead atoms. The van der Waals surface area contributed by atoms with Gasteiger partial charge in [0.25, 0.3) is 0 Å². The molecule has 0 radical (unpaired) electrons. The van der Waals surface area contributed by atoms with Gasteiger partial charge in [-0.15, -0.1) is 0 Å². The van der Waals surface area contributed by atoms with Gasteiger partial charge < -0.3 is 5.32 Å². The normalized spacial score (nSPS) is 12.9. The van der Waals surface area contributed by atoms with E-state index in [0.29, 0.717) is 10.6 Å². The van der Waals surface area contributed by atoms with Crippen LogP contribution in [0.15, 0.2) is 24.3 Å². The standard InChI is InChI=1S/C10H9Br2ClN2O3/c1-6(16)14-9(10(11,12)15(17)18)7-2-4-8(13)5-3-7/h2-5,9H,1H3,(H,14,16). The van der Waals surface area contributed by atoms with Crippen LogP contribution in [0.4, 0.5) is 0 Å². The van der Waals surface area contributed by atoms with Gasteiger partial charge in [-0.2, -0.15) is 0 Å². The Morgan fingerprint density at radius 3 is 2.33 bits per heavy atom. The maximum Gasteiger partial charge on any atom is 0.350 e. The van der Waals surface area contributed by atoms with E-state index in [1.807, 2.05) is 0 Å². The molecule has 1 unspecified atom stereocenters. The van der Waals surface area contributed by atoms with Gasteiger partial charge in [0, 0.05) is 43.8 Å². The van der Waals surface area contributed by atoms with Gasteiger partial charge in [0.05, 0.1) is 4.92 Å². The number of carbonyl (C=O) groups is 1. The van der Waals surface area contributed by atoms with Crippen LogP contribution in [0.2, 0.25) is 5.02 Å². The van der Waals surface area contributed by atoms with Gasteiger partial charge in [-0.3, -0.25) is 14.9 Å². The molecule has 0 saturated carbocycles. The molecule has 0 aliphatic rings. The molecule has 0 fully saturated rings. The Hall–Kier alpha value is -0.660. The summed E-state index contributed by atoms with van der Waals surface area (Å²) in [5.74, 6) is -0.375. The molecule has 1 aromatic rings. The summed E-state index contributed by atoms with van der Waals surface area (Å²) in [6.45, 7) is 1.29. The largest absolute Gasteiger partial charge is 0.350 e. The van der Waals surface area contributed by atoms with Crippen LogP contribution in [0.25, 0.3) is 0 Å². The molecule has 0 spiro atoms. The Kier molecular flexibility index (Phi) is 5.12. The molecule has 1 amide bonds. The molecule has 1 atom stereocenters. The summed E-state index contributed by atoms with van der Waals surface area (Å²) >= 11 is 11.7. The van der Waals surface area contributed by atoms with Crippen LogP contribution in [-0.2, 0) is 4.79 Å². The highest BCUT2D eigenvalue weighted by Gasteiger charge is 2.47. The first-order valence-electron chi connectivity index (χ1n) is 4.80. The first-order valence-corrected chi connectivity index (χ1v) is 6.76. The van der Waals surface area contributed by atoms with E-state index in [9.17, 15) is 14.9 Å².